The largest absolute Gasteiger partial charge is 0.457 e. The summed E-state index contributed by atoms with van der Waals surface area (Å²) in [5.41, 5.74) is 0.485. The van der Waals surface area contributed by atoms with Crippen molar-refractivity contribution in [3.63, 3.8) is 0 Å². The van der Waals surface area contributed by atoms with Gasteiger partial charge in [-0.1, -0.05) is 18.2 Å². The summed E-state index contributed by atoms with van der Waals surface area (Å²) in [7, 11) is 0. The lowest BCUT2D eigenvalue weighted by molar-refractivity contribution is -0.384. The Morgan fingerprint density at radius 2 is 1.50 bits per heavy atom. The van der Waals surface area contributed by atoms with Gasteiger partial charge in [0, 0.05) is 17.8 Å². The van der Waals surface area contributed by atoms with Crippen molar-refractivity contribution in [1.82, 2.24) is 0 Å². The molecule has 0 aromatic heterocycles. The zero-order valence-electron chi connectivity index (χ0n) is 16.0. The number of nitro groups is 1. The Morgan fingerprint density at radius 3 is 2.10 bits per heavy atom. The average molecular weight is 406 g/mol. The van der Waals surface area contributed by atoms with Crippen molar-refractivity contribution in [3.05, 3.63) is 94.5 Å². The molecule has 0 aliphatic heterocycles. The van der Waals surface area contributed by atoms with Crippen LogP contribution in [-0.4, -0.2) is 22.9 Å². The minimum Gasteiger partial charge on any atom is -0.457 e. The number of carbonyl (C=O) groups is 2. The van der Waals surface area contributed by atoms with Gasteiger partial charge in [0.1, 0.15) is 11.5 Å². The normalized spacial score (nSPS) is 11.2. The van der Waals surface area contributed by atoms with Gasteiger partial charge >= 0.3 is 5.97 Å². The second-order valence-corrected chi connectivity index (χ2v) is 6.28. The fourth-order valence-corrected chi connectivity index (χ4v) is 2.48. The monoisotopic (exact) mass is 406 g/mol. The number of rotatable bonds is 7. The van der Waals surface area contributed by atoms with Gasteiger partial charge in [-0.2, -0.15) is 0 Å². The molecular weight excluding hydrogens is 388 g/mol. The first kappa shape index (κ1) is 20.5. The Balaban J connectivity index is 1.54. The van der Waals surface area contributed by atoms with Crippen molar-refractivity contribution in [3.8, 4) is 11.5 Å². The molecule has 0 saturated carbocycles. The molecular formula is C22H18N2O6. The lowest BCUT2D eigenvalue weighted by Gasteiger charge is -2.14. The van der Waals surface area contributed by atoms with Crippen LogP contribution in [0.3, 0.4) is 0 Å². The van der Waals surface area contributed by atoms with Gasteiger partial charge in [0.25, 0.3) is 11.6 Å². The van der Waals surface area contributed by atoms with Crippen molar-refractivity contribution >= 4 is 23.3 Å². The molecule has 3 rings (SSSR count). The van der Waals surface area contributed by atoms with Crippen molar-refractivity contribution in [2.24, 2.45) is 0 Å². The van der Waals surface area contributed by atoms with Crippen LogP contribution < -0.4 is 10.1 Å². The Kier molecular flexibility index (Phi) is 6.39. The summed E-state index contributed by atoms with van der Waals surface area (Å²) < 4.78 is 10.8. The SMILES string of the molecule is CC(OC(=O)c1ccc([N+](=O)[O-])cc1)C(=O)Nc1ccc(Oc2ccccc2)cc1. The fraction of sp³-hybridized carbons (Fsp3) is 0.0909. The highest BCUT2D eigenvalue weighted by Gasteiger charge is 2.19. The van der Waals surface area contributed by atoms with E-state index in [-0.39, 0.29) is 11.3 Å². The highest BCUT2D eigenvalue weighted by atomic mass is 16.6. The van der Waals surface area contributed by atoms with Gasteiger partial charge in [0.15, 0.2) is 6.10 Å². The van der Waals surface area contributed by atoms with Crippen molar-refractivity contribution in [2.45, 2.75) is 13.0 Å². The highest BCUT2D eigenvalue weighted by Crippen LogP contribution is 2.22. The fourth-order valence-electron chi connectivity index (χ4n) is 2.48. The number of ether oxygens (including phenoxy) is 2. The number of nitrogens with zero attached hydrogens (tertiary/aromatic N) is 1. The van der Waals surface area contributed by atoms with E-state index in [0.29, 0.717) is 17.2 Å². The zero-order chi connectivity index (χ0) is 21.5. The van der Waals surface area contributed by atoms with Gasteiger partial charge in [0.05, 0.1) is 10.5 Å². The van der Waals surface area contributed by atoms with E-state index < -0.39 is 22.9 Å². The van der Waals surface area contributed by atoms with Gasteiger partial charge < -0.3 is 14.8 Å². The van der Waals surface area contributed by atoms with E-state index in [1.165, 1.54) is 31.2 Å². The molecule has 0 bridgehead atoms. The maximum absolute atomic E-state index is 12.3. The number of anilines is 1. The zero-order valence-corrected chi connectivity index (χ0v) is 16.0. The molecule has 0 saturated heterocycles. The van der Waals surface area contributed by atoms with Crippen molar-refractivity contribution < 1.29 is 24.0 Å². The predicted molar refractivity (Wildman–Crippen MR) is 110 cm³/mol. The number of benzene rings is 3. The lowest BCUT2D eigenvalue weighted by Crippen LogP contribution is -2.30. The first-order valence-corrected chi connectivity index (χ1v) is 9.01. The van der Waals surface area contributed by atoms with E-state index in [1.54, 1.807) is 24.3 Å². The molecule has 1 N–H and O–H groups in total. The van der Waals surface area contributed by atoms with Crippen LogP contribution in [0.5, 0.6) is 11.5 Å². The highest BCUT2D eigenvalue weighted by molar-refractivity contribution is 5.97. The summed E-state index contributed by atoms with van der Waals surface area (Å²) in [6.45, 7) is 1.44. The third-order valence-corrected chi connectivity index (χ3v) is 4.07. The third-order valence-electron chi connectivity index (χ3n) is 4.07. The van der Waals surface area contributed by atoms with E-state index in [0.717, 1.165) is 0 Å². The first-order valence-electron chi connectivity index (χ1n) is 9.01. The van der Waals surface area contributed by atoms with Gasteiger partial charge in [0.2, 0.25) is 0 Å². The predicted octanol–water partition coefficient (Wildman–Crippen LogP) is 4.57. The minimum absolute atomic E-state index is 0.114. The maximum atomic E-state index is 12.3. The molecule has 1 amide bonds. The quantitative estimate of drug-likeness (QED) is 0.350. The maximum Gasteiger partial charge on any atom is 0.338 e. The molecule has 152 valence electrons. The summed E-state index contributed by atoms with van der Waals surface area (Å²) in [6, 6.07) is 21.0. The van der Waals surface area contributed by atoms with E-state index in [9.17, 15) is 19.7 Å². The molecule has 8 nitrogen and oxygen atoms in total. The summed E-state index contributed by atoms with van der Waals surface area (Å²) in [6.07, 6.45) is -1.06. The van der Waals surface area contributed by atoms with Gasteiger partial charge in [-0.25, -0.2) is 4.79 Å². The molecule has 8 heteroatoms. The van der Waals surface area contributed by atoms with Crippen molar-refractivity contribution in [2.75, 3.05) is 5.32 Å². The Labute approximate surface area is 172 Å². The summed E-state index contributed by atoms with van der Waals surface area (Å²) in [5.74, 6) is 0.0408. The van der Waals surface area contributed by atoms with Crippen LogP contribution >= 0.6 is 0 Å². The van der Waals surface area contributed by atoms with Gasteiger partial charge in [-0.15, -0.1) is 0 Å². The van der Waals surface area contributed by atoms with Gasteiger partial charge in [-0.3, -0.25) is 14.9 Å². The summed E-state index contributed by atoms with van der Waals surface area (Å²) >= 11 is 0. The minimum atomic E-state index is -1.06. The number of esters is 1. The van der Waals surface area contributed by atoms with E-state index in [1.807, 2.05) is 30.3 Å². The van der Waals surface area contributed by atoms with Crippen LogP contribution in [0.15, 0.2) is 78.9 Å². The molecule has 1 unspecified atom stereocenters. The first-order chi connectivity index (χ1) is 14.4. The van der Waals surface area contributed by atoms with Crippen LogP contribution in [-0.2, 0) is 9.53 Å². The molecule has 30 heavy (non-hydrogen) atoms. The number of nitro benzene ring substituents is 1. The number of non-ortho nitro benzene ring substituents is 1. The topological polar surface area (TPSA) is 108 Å². The van der Waals surface area contributed by atoms with Crippen LogP contribution in [0.4, 0.5) is 11.4 Å². The Hall–Kier alpha value is -4.20. The summed E-state index contributed by atoms with van der Waals surface area (Å²) in [5, 5.41) is 13.3. The average Bonchev–Trinajstić information content (AvgIpc) is 2.75. The van der Waals surface area contributed by atoms with Crippen LogP contribution in [0.1, 0.15) is 17.3 Å². The smallest absolute Gasteiger partial charge is 0.338 e. The molecule has 3 aromatic rings. The van der Waals surface area contributed by atoms with Crippen LogP contribution in [0.25, 0.3) is 0 Å². The second kappa shape index (κ2) is 9.33. The van der Waals surface area contributed by atoms with E-state index in [4.69, 9.17) is 9.47 Å². The number of amides is 1. The molecule has 0 aliphatic rings. The number of nitrogens with one attached hydrogen (secondary N) is 1. The molecule has 0 radical (unpaired) electrons. The number of para-hydroxylation sites is 1. The van der Waals surface area contributed by atoms with Crippen LogP contribution in [0.2, 0.25) is 0 Å². The second-order valence-electron chi connectivity index (χ2n) is 6.28. The molecule has 0 spiro atoms. The summed E-state index contributed by atoms with van der Waals surface area (Å²) in [4.78, 5) is 34.5. The number of carbonyl (C=O) groups excluding carboxylic acids is 2. The van der Waals surface area contributed by atoms with Crippen molar-refractivity contribution in [1.29, 1.82) is 0 Å². The molecule has 0 aliphatic carbocycles. The third kappa shape index (κ3) is 5.41. The van der Waals surface area contributed by atoms with E-state index >= 15 is 0 Å². The van der Waals surface area contributed by atoms with Crippen LogP contribution in [0, 0.1) is 10.1 Å². The van der Waals surface area contributed by atoms with Gasteiger partial charge in [-0.05, 0) is 55.5 Å². The number of hydrogen-bond donors (Lipinski definition) is 1. The van der Waals surface area contributed by atoms with E-state index in [2.05, 4.69) is 5.32 Å². The Morgan fingerprint density at radius 1 is 0.900 bits per heavy atom. The molecule has 0 heterocycles. The molecule has 1 atom stereocenters. The number of hydrogen-bond acceptors (Lipinski definition) is 6. The molecule has 0 fully saturated rings. The lowest BCUT2D eigenvalue weighted by atomic mass is 10.2. The standard InChI is InChI=1S/C22H18N2O6/c1-15(29-22(26)16-7-11-18(12-8-16)24(27)28)21(25)23-17-9-13-20(14-10-17)30-19-5-3-2-4-6-19/h2-15H,1H3,(H,23,25). The Bertz CT molecular complexity index is 1030. The molecule has 3 aromatic carbocycles.